The van der Waals surface area contributed by atoms with Gasteiger partial charge in [0.25, 0.3) is 11.9 Å². The van der Waals surface area contributed by atoms with E-state index < -0.39 is 67.8 Å². The summed E-state index contributed by atoms with van der Waals surface area (Å²) in [5, 5.41) is 5.54. The Morgan fingerprint density at radius 2 is 1.86 bits per heavy atom. The molecule has 1 aromatic carbocycles. The van der Waals surface area contributed by atoms with E-state index >= 15 is 0 Å². The lowest BCUT2D eigenvalue weighted by Crippen LogP contribution is -2.62. The standard InChI is InChI=1S/C22H27BCl2N2O9/c1-12(2)7-16(27-17(28)11-26-20(31)14-8-13(24)5-6-15(14)25)23-35-19(30)10-22(36-23,21(32)34-4)9-18(29)33-3/h5-6,8,12,16H,7,9-11H2,1-4H3,(H,26,31)(H,27,28)/t16-,22-/m0/s1. The van der Waals surface area contributed by atoms with Crippen LogP contribution in [-0.4, -0.2) is 69.1 Å². The summed E-state index contributed by atoms with van der Waals surface area (Å²) in [5.74, 6) is -4.78. The molecule has 1 aliphatic rings. The number of amides is 2. The molecule has 2 N–H and O–H groups in total. The van der Waals surface area contributed by atoms with Gasteiger partial charge in [0.1, 0.15) is 0 Å². The molecule has 1 fully saturated rings. The van der Waals surface area contributed by atoms with E-state index in [0.29, 0.717) is 5.02 Å². The number of hydrogen-bond acceptors (Lipinski definition) is 9. The number of halogens is 2. The van der Waals surface area contributed by atoms with Crippen LogP contribution in [0, 0.1) is 5.92 Å². The van der Waals surface area contributed by atoms with Crippen molar-refractivity contribution in [3.63, 3.8) is 0 Å². The van der Waals surface area contributed by atoms with Gasteiger partial charge in [-0.2, -0.15) is 0 Å². The molecule has 0 spiro atoms. The van der Waals surface area contributed by atoms with E-state index in [9.17, 15) is 24.0 Å². The van der Waals surface area contributed by atoms with Gasteiger partial charge in [0.15, 0.2) is 5.60 Å². The van der Waals surface area contributed by atoms with Crippen LogP contribution < -0.4 is 10.6 Å². The van der Waals surface area contributed by atoms with Crippen LogP contribution in [0.4, 0.5) is 0 Å². The Labute approximate surface area is 218 Å². The number of carbonyl (C=O) groups is 5. The number of hydrogen-bond donors (Lipinski definition) is 2. The highest BCUT2D eigenvalue weighted by molar-refractivity contribution is 6.50. The van der Waals surface area contributed by atoms with Gasteiger partial charge in [-0.25, -0.2) is 4.79 Å². The lowest BCUT2D eigenvalue weighted by molar-refractivity contribution is -0.178. The van der Waals surface area contributed by atoms with Crippen LogP contribution in [0.25, 0.3) is 0 Å². The van der Waals surface area contributed by atoms with Crippen molar-refractivity contribution in [3.8, 4) is 0 Å². The second kappa shape index (κ2) is 12.9. The van der Waals surface area contributed by atoms with Crippen LogP contribution in [0.15, 0.2) is 18.2 Å². The second-order valence-electron chi connectivity index (χ2n) is 8.50. The van der Waals surface area contributed by atoms with Gasteiger partial charge in [-0.1, -0.05) is 37.0 Å². The molecule has 0 saturated carbocycles. The fourth-order valence-electron chi connectivity index (χ4n) is 3.58. The summed E-state index contributed by atoms with van der Waals surface area (Å²) in [6.45, 7) is 3.27. The van der Waals surface area contributed by atoms with Crippen molar-refractivity contribution in [1.82, 2.24) is 10.6 Å². The molecule has 11 nitrogen and oxygen atoms in total. The Kier molecular flexibility index (Phi) is 10.6. The van der Waals surface area contributed by atoms with Crippen LogP contribution in [0.2, 0.25) is 10.0 Å². The van der Waals surface area contributed by atoms with Gasteiger partial charge in [0.2, 0.25) is 5.91 Å². The third kappa shape index (κ3) is 7.84. The fraction of sp³-hybridized carbons (Fsp3) is 0.500. The molecule has 1 heterocycles. The lowest BCUT2D eigenvalue weighted by atomic mass is 9.70. The second-order valence-corrected chi connectivity index (χ2v) is 9.35. The van der Waals surface area contributed by atoms with Crippen molar-refractivity contribution in [2.45, 2.75) is 44.7 Å². The minimum Gasteiger partial charge on any atom is -0.508 e. The van der Waals surface area contributed by atoms with Gasteiger partial charge in [-0.15, -0.1) is 0 Å². The van der Waals surface area contributed by atoms with E-state index in [1.807, 2.05) is 13.8 Å². The Bertz CT molecular complexity index is 1020. The molecule has 14 heteroatoms. The van der Waals surface area contributed by atoms with E-state index in [1.165, 1.54) is 18.2 Å². The third-order valence-electron chi connectivity index (χ3n) is 5.22. The maximum Gasteiger partial charge on any atom is 0.552 e. The summed E-state index contributed by atoms with van der Waals surface area (Å²) in [6.07, 6.45) is -0.905. The summed E-state index contributed by atoms with van der Waals surface area (Å²) in [4.78, 5) is 62.0. The minimum absolute atomic E-state index is 0.00693. The minimum atomic E-state index is -1.99. The highest BCUT2D eigenvalue weighted by Crippen LogP contribution is 2.31. The van der Waals surface area contributed by atoms with E-state index in [1.54, 1.807) is 0 Å². The predicted molar refractivity (Wildman–Crippen MR) is 129 cm³/mol. The smallest absolute Gasteiger partial charge is 0.508 e. The molecule has 2 atom stereocenters. The molecule has 0 radical (unpaired) electrons. The molecule has 0 bridgehead atoms. The number of esters is 2. The quantitative estimate of drug-likeness (QED) is 0.332. The zero-order chi connectivity index (χ0) is 27.0. The number of ether oxygens (including phenoxy) is 2. The van der Waals surface area contributed by atoms with Crippen molar-refractivity contribution in [2.24, 2.45) is 5.92 Å². The Hall–Kier alpha value is -2.83. The predicted octanol–water partition coefficient (Wildman–Crippen LogP) is 1.72. The molecule has 36 heavy (non-hydrogen) atoms. The molecule has 1 aromatic rings. The Morgan fingerprint density at radius 1 is 1.17 bits per heavy atom. The summed E-state index contributed by atoms with van der Waals surface area (Å²) < 4.78 is 20.5. The molecule has 1 saturated heterocycles. The van der Waals surface area contributed by atoms with E-state index in [2.05, 4.69) is 15.4 Å². The first-order chi connectivity index (χ1) is 16.9. The first-order valence-electron chi connectivity index (χ1n) is 11.0. The fourth-order valence-corrected chi connectivity index (χ4v) is 3.95. The molecule has 0 unspecified atom stereocenters. The van der Waals surface area contributed by atoms with Gasteiger partial charge >= 0.3 is 19.1 Å². The van der Waals surface area contributed by atoms with Crippen LogP contribution in [0.5, 0.6) is 0 Å². The first-order valence-corrected chi connectivity index (χ1v) is 11.7. The summed E-state index contributed by atoms with van der Waals surface area (Å²) in [5.41, 5.74) is -1.90. The van der Waals surface area contributed by atoms with Crippen molar-refractivity contribution >= 4 is 60.0 Å². The zero-order valence-electron chi connectivity index (χ0n) is 20.2. The van der Waals surface area contributed by atoms with Crippen molar-refractivity contribution in [1.29, 1.82) is 0 Å². The monoisotopic (exact) mass is 544 g/mol. The van der Waals surface area contributed by atoms with Crippen LogP contribution >= 0.6 is 23.2 Å². The van der Waals surface area contributed by atoms with Gasteiger partial charge < -0.3 is 29.4 Å². The summed E-state index contributed by atoms with van der Waals surface area (Å²) in [6, 6.07) is 4.33. The van der Waals surface area contributed by atoms with Crippen molar-refractivity contribution < 1.29 is 42.8 Å². The summed E-state index contributed by atoms with van der Waals surface area (Å²) in [7, 11) is 0.792. The lowest BCUT2D eigenvalue weighted by Gasteiger charge is -2.38. The molecule has 2 rings (SSSR count). The van der Waals surface area contributed by atoms with Crippen molar-refractivity contribution in [2.75, 3.05) is 20.8 Å². The third-order valence-corrected chi connectivity index (χ3v) is 5.78. The highest BCUT2D eigenvalue weighted by Gasteiger charge is 2.55. The number of carbonyl (C=O) groups excluding carboxylic acids is 5. The van der Waals surface area contributed by atoms with Gasteiger partial charge in [0.05, 0.1) is 50.1 Å². The topological polar surface area (TPSA) is 146 Å². The molecular weight excluding hydrogens is 518 g/mol. The normalized spacial score (nSPS) is 18.2. The number of benzene rings is 1. The van der Waals surface area contributed by atoms with Crippen LogP contribution in [-0.2, 0) is 38.0 Å². The highest BCUT2D eigenvalue weighted by atomic mass is 35.5. The van der Waals surface area contributed by atoms with Gasteiger partial charge in [-0.05, 0) is 30.5 Å². The largest absolute Gasteiger partial charge is 0.552 e. The number of rotatable bonds is 10. The molecular formula is C22H27BCl2N2O9. The van der Waals surface area contributed by atoms with Gasteiger partial charge in [-0.3, -0.25) is 19.2 Å². The molecule has 196 valence electrons. The van der Waals surface area contributed by atoms with E-state index in [0.717, 1.165) is 14.2 Å². The SMILES string of the molecule is COC(=O)C[C@@]1(C(=O)OC)CC(=O)OB([C@H](CC(C)C)NC(=O)CNC(=O)c2cc(Cl)ccc2Cl)O1. The van der Waals surface area contributed by atoms with Gasteiger partial charge in [0, 0.05) is 5.02 Å². The molecule has 1 aliphatic heterocycles. The van der Waals surface area contributed by atoms with E-state index in [4.69, 9.17) is 37.2 Å². The summed E-state index contributed by atoms with van der Waals surface area (Å²) >= 11 is 11.9. The number of methoxy groups -OCH3 is 2. The van der Waals surface area contributed by atoms with Crippen LogP contribution in [0.1, 0.15) is 43.5 Å². The maximum absolute atomic E-state index is 12.7. The zero-order valence-corrected chi connectivity index (χ0v) is 21.7. The van der Waals surface area contributed by atoms with E-state index in [-0.39, 0.29) is 22.9 Å². The van der Waals surface area contributed by atoms with Crippen LogP contribution in [0.3, 0.4) is 0 Å². The maximum atomic E-state index is 12.7. The Balaban J connectivity index is 2.18. The molecule has 0 aromatic heterocycles. The average Bonchev–Trinajstić information content (AvgIpc) is 2.82. The molecule has 2 amide bonds. The average molecular weight is 545 g/mol. The Morgan fingerprint density at radius 3 is 2.47 bits per heavy atom. The molecule has 0 aliphatic carbocycles. The van der Waals surface area contributed by atoms with Crippen molar-refractivity contribution in [3.05, 3.63) is 33.8 Å². The first kappa shape index (κ1) is 29.4. The number of nitrogens with one attached hydrogen (secondary N) is 2.